The van der Waals surface area contributed by atoms with E-state index < -0.39 is 5.97 Å². The van der Waals surface area contributed by atoms with Gasteiger partial charge < -0.3 is 5.11 Å². The Morgan fingerprint density at radius 2 is 2.17 bits per heavy atom. The normalized spacial score (nSPS) is 10.7. The summed E-state index contributed by atoms with van der Waals surface area (Å²) in [6.45, 7) is 2.99. The fraction of sp³-hybridized carbons (Fsp3) is 0.364. The molecule has 0 bridgehead atoms. The predicted octanol–water partition coefficient (Wildman–Crippen LogP) is 1.26. The van der Waals surface area contributed by atoms with Gasteiger partial charge in [-0.25, -0.2) is 14.6 Å². The van der Waals surface area contributed by atoms with Crippen molar-refractivity contribution in [2.75, 3.05) is 0 Å². The largest absolute Gasteiger partial charge is 0.476 e. The summed E-state index contributed by atoms with van der Waals surface area (Å²) in [7, 11) is 0. The van der Waals surface area contributed by atoms with Gasteiger partial charge >= 0.3 is 11.7 Å². The molecule has 0 spiro atoms. The molecule has 2 aromatic heterocycles. The molecule has 0 aliphatic rings. The number of aromatic carboxylic acids is 1. The fourth-order valence-electron chi connectivity index (χ4n) is 1.64. The highest BCUT2D eigenvalue weighted by Crippen LogP contribution is 2.10. The van der Waals surface area contributed by atoms with Crippen molar-refractivity contribution < 1.29 is 9.90 Å². The minimum absolute atomic E-state index is 0.0473. The first-order chi connectivity index (χ1) is 8.61. The number of aryl methyl sites for hydroxylation is 1. The number of imidazole rings is 1. The van der Waals surface area contributed by atoms with Crippen LogP contribution in [0.4, 0.5) is 0 Å². The van der Waals surface area contributed by atoms with Gasteiger partial charge in [-0.05, 0) is 6.42 Å². The lowest BCUT2D eigenvalue weighted by Gasteiger charge is -1.98. The van der Waals surface area contributed by atoms with E-state index in [9.17, 15) is 9.59 Å². The van der Waals surface area contributed by atoms with Crippen LogP contribution in [0.3, 0.4) is 0 Å². The number of rotatable bonds is 5. The molecule has 6 nitrogen and oxygen atoms in total. The molecule has 0 amide bonds. The molecule has 0 aromatic carbocycles. The molecule has 2 aromatic rings. The van der Waals surface area contributed by atoms with Gasteiger partial charge in [-0.3, -0.25) is 9.13 Å². The Kier molecular flexibility index (Phi) is 3.61. The number of carboxylic acid groups (broad SMARTS) is 1. The van der Waals surface area contributed by atoms with Crippen molar-refractivity contribution in [1.29, 1.82) is 0 Å². The molecule has 1 N–H and O–H groups in total. The van der Waals surface area contributed by atoms with Gasteiger partial charge in [0.15, 0.2) is 0 Å². The molecule has 0 aliphatic heterocycles. The van der Waals surface area contributed by atoms with Crippen molar-refractivity contribution in [3.8, 4) is 0 Å². The molecule has 0 saturated carbocycles. The van der Waals surface area contributed by atoms with Crippen molar-refractivity contribution in [3.05, 3.63) is 39.0 Å². The third-order valence-corrected chi connectivity index (χ3v) is 3.33. The number of aromatic nitrogens is 3. The van der Waals surface area contributed by atoms with Gasteiger partial charge in [0.25, 0.3) is 0 Å². The lowest BCUT2D eigenvalue weighted by Crippen LogP contribution is -2.24. The van der Waals surface area contributed by atoms with Gasteiger partial charge in [0, 0.05) is 24.3 Å². The zero-order chi connectivity index (χ0) is 13.1. The van der Waals surface area contributed by atoms with E-state index in [1.54, 1.807) is 22.3 Å². The van der Waals surface area contributed by atoms with Gasteiger partial charge in [0.05, 0.1) is 12.2 Å². The Bertz CT molecular complexity index is 611. The summed E-state index contributed by atoms with van der Waals surface area (Å²) in [6, 6.07) is 0. The molecule has 0 atom stereocenters. The standard InChI is InChI=1S/C11H13N3O3S/c1-2-3-13-4-5-14(11(13)17)6-8-7-18-9(12-8)10(15)16/h4-5,7H,2-3,6H2,1H3,(H,15,16). The van der Waals surface area contributed by atoms with Crippen LogP contribution in [0.25, 0.3) is 0 Å². The lowest BCUT2D eigenvalue weighted by molar-refractivity contribution is 0.0696. The Balaban J connectivity index is 2.18. The summed E-state index contributed by atoms with van der Waals surface area (Å²) in [6.07, 6.45) is 4.32. The summed E-state index contributed by atoms with van der Waals surface area (Å²) < 4.78 is 3.15. The highest BCUT2D eigenvalue weighted by atomic mass is 32.1. The van der Waals surface area contributed by atoms with E-state index in [4.69, 9.17) is 5.11 Å². The quantitative estimate of drug-likeness (QED) is 0.884. The summed E-state index contributed by atoms with van der Waals surface area (Å²) in [5, 5.41) is 10.5. The van der Waals surface area contributed by atoms with Crippen LogP contribution in [0.5, 0.6) is 0 Å². The zero-order valence-electron chi connectivity index (χ0n) is 9.87. The van der Waals surface area contributed by atoms with Crippen molar-refractivity contribution in [3.63, 3.8) is 0 Å². The van der Waals surface area contributed by atoms with E-state index in [0.717, 1.165) is 17.8 Å². The van der Waals surface area contributed by atoms with E-state index in [2.05, 4.69) is 4.98 Å². The molecule has 0 radical (unpaired) electrons. The molecule has 7 heteroatoms. The minimum atomic E-state index is -1.04. The zero-order valence-corrected chi connectivity index (χ0v) is 10.7. The van der Waals surface area contributed by atoms with E-state index in [1.807, 2.05) is 6.92 Å². The van der Waals surface area contributed by atoms with E-state index in [-0.39, 0.29) is 10.7 Å². The number of carboxylic acids is 1. The highest BCUT2D eigenvalue weighted by molar-refractivity contribution is 7.11. The lowest BCUT2D eigenvalue weighted by atomic mass is 10.5. The Morgan fingerprint density at radius 3 is 2.78 bits per heavy atom. The monoisotopic (exact) mass is 267 g/mol. The van der Waals surface area contributed by atoms with Crippen LogP contribution in [-0.4, -0.2) is 25.2 Å². The number of carbonyl (C=O) groups is 1. The van der Waals surface area contributed by atoms with Crippen LogP contribution < -0.4 is 5.69 Å². The van der Waals surface area contributed by atoms with E-state index in [0.29, 0.717) is 18.8 Å². The molecule has 96 valence electrons. The van der Waals surface area contributed by atoms with E-state index in [1.165, 1.54) is 4.57 Å². The van der Waals surface area contributed by atoms with Gasteiger partial charge in [0.1, 0.15) is 0 Å². The number of thiazole rings is 1. The van der Waals surface area contributed by atoms with Crippen LogP contribution in [-0.2, 0) is 13.1 Å². The molecule has 0 fully saturated rings. The summed E-state index contributed by atoms with van der Waals surface area (Å²) >= 11 is 1.07. The third-order valence-electron chi connectivity index (χ3n) is 2.45. The van der Waals surface area contributed by atoms with Gasteiger partial charge in [-0.2, -0.15) is 0 Å². The fourth-order valence-corrected chi connectivity index (χ4v) is 2.28. The second-order valence-electron chi connectivity index (χ2n) is 3.85. The number of nitrogens with zero attached hydrogens (tertiary/aromatic N) is 3. The maximum absolute atomic E-state index is 11.9. The van der Waals surface area contributed by atoms with Crippen LogP contribution in [0.2, 0.25) is 0 Å². The molecule has 0 unspecified atom stereocenters. The molecule has 2 rings (SSSR count). The summed E-state index contributed by atoms with van der Waals surface area (Å²) in [5.74, 6) is -1.04. The Hall–Kier alpha value is -1.89. The molecular weight excluding hydrogens is 254 g/mol. The smallest absolute Gasteiger partial charge is 0.365 e. The minimum Gasteiger partial charge on any atom is -0.476 e. The molecule has 2 heterocycles. The average Bonchev–Trinajstić information content (AvgIpc) is 2.91. The van der Waals surface area contributed by atoms with Crippen molar-refractivity contribution >= 4 is 17.3 Å². The topological polar surface area (TPSA) is 77.1 Å². The van der Waals surface area contributed by atoms with Gasteiger partial charge in [0.2, 0.25) is 5.01 Å². The average molecular weight is 267 g/mol. The van der Waals surface area contributed by atoms with Crippen LogP contribution in [0, 0.1) is 0 Å². The summed E-state index contributed by atoms with van der Waals surface area (Å²) in [5.41, 5.74) is 0.496. The maximum Gasteiger partial charge on any atom is 0.365 e. The van der Waals surface area contributed by atoms with Crippen LogP contribution in [0.1, 0.15) is 28.8 Å². The van der Waals surface area contributed by atoms with Crippen molar-refractivity contribution in [1.82, 2.24) is 14.1 Å². The van der Waals surface area contributed by atoms with Gasteiger partial charge in [-0.1, -0.05) is 6.92 Å². The number of hydrogen-bond donors (Lipinski definition) is 1. The number of hydrogen-bond acceptors (Lipinski definition) is 4. The SMILES string of the molecule is CCCn1ccn(Cc2csc(C(=O)O)n2)c1=O. The molecular formula is C11H13N3O3S. The van der Waals surface area contributed by atoms with E-state index >= 15 is 0 Å². The second kappa shape index (κ2) is 5.18. The van der Waals surface area contributed by atoms with Crippen LogP contribution >= 0.6 is 11.3 Å². The second-order valence-corrected chi connectivity index (χ2v) is 4.71. The van der Waals surface area contributed by atoms with Gasteiger partial charge in [-0.15, -0.1) is 11.3 Å². The Labute approximate surface area is 107 Å². The first-order valence-electron chi connectivity index (χ1n) is 5.55. The molecule has 0 saturated heterocycles. The first-order valence-corrected chi connectivity index (χ1v) is 6.43. The summed E-state index contributed by atoms with van der Waals surface area (Å²) in [4.78, 5) is 26.5. The molecule has 18 heavy (non-hydrogen) atoms. The molecule has 0 aliphatic carbocycles. The predicted molar refractivity (Wildman–Crippen MR) is 67.2 cm³/mol. The Morgan fingerprint density at radius 1 is 1.44 bits per heavy atom. The van der Waals surface area contributed by atoms with Crippen molar-refractivity contribution in [2.45, 2.75) is 26.4 Å². The maximum atomic E-state index is 11.9. The highest BCUT2D eigenvalue weighted by Gasteiger charge is 2.10. The van der Waals surface area contributed by atoms with Crippen molar-refractivity contribution in [2.24, 2.45) is 0 Å². The van der Waals surface area contributed by atoms with Crippen LogP contribution in [0.15, 0.2) is 22.6 Å². The third kappa shape index (κ3) is 2.51. The first kappa shape index (κ1) is 12.6.